The van der Waals surface area contributed by atoms with Crippen LogP contribution in [-0.2, 0) is 16.2 Å². The number of sulfonamides is 1. The summed E-state index contributed by atoms with van der Waals surface area (Å²) in [5.74, 6) is -1.09. The van der Waals surface area contributed by atoms with Crippen molar-refractivity contribution in [3.63, 3.8) is 0 Å². The summed E-state index contributed by atoms with van der Waals surface area (Å²) in [7, 11) is -3.82. The summed E-state index contributed by atoms with van der Waals surface area (Å²) in [6, 6.07) is 4.35. The molecule has 2 heterocycles. The first-order chi connectivity index (χ1) is 9.08. The van der Waals surface area contributed by atoms with Crippen molar-refractivity contribution in [1.82, 2.24) is 14.3 Å². The minimum Gasteiger partial charge on any atom is -0.266 e. The van der Waals surface area contributed by atoms with E-state index in [9.17, 15) is 26.4 Å². The van der Waals surface area contributed by atoms with E-state index in [4.69, 9.17) is 0 Å². The van der Waals surface area contributed by atoms with E-state index in [0.717, 1.165) is 24.5 Å². The smallest absolute Gasteiger partial charge is 0.266 e. The van der Waals surface area contributed by atoms with E-state index in [1.807, 2.05) is 0 Å². The van der Waals surface area contributed by atoms with Gasteiger partial charge in [-0.1, -0.05) is 6.07 Å². The number of fused-ring (bicyclic) bond motifs is 1. The number of pyridine rings is 1. The van der Waals surface area contributed by atoms with Gasteiger partial charge in [0, 0.05) is 0 Å². The number of hydrogen-bond donors (Lipinski definition) is 1. The van der Waals surface area contributed by atoms with Gasteiger partial charge in [-0.2, -0.15) is 18.3 Å². The first-order valence-electron chi connectivity index (χ1n) is 5.16. The van der Waals surface area contributed by atoms with Gasteiger partial charge in [-0.05, 0) is 18.2 Å². The molecule has 0 aliphatic heterocycles. The number of amides is 1. The molecule has 0 aliphatic rings. The van der Waals surface area contributed by atoms with Crippen molar-refractivity contribution in [2.75, 3.05) is 6.26 Å². The fourth-order valence-corrected chi connectivity index (χ4v) is 2.00. The van der Waals surface area contributed by atoms with E-state index in [-0.39, 0.29) is 5.52 Å². The molecule has 2 aromatic heterocycles. The zero-order valence-electron chi connectivity index (χ0n) is 9.97. The standard InChI is InChI=1S/C10H8F3N3O3S/c1-20(18,19)15-9(17)7-5-6-3-2-4-8(10(11,12)13)16(6)14-7/h2-5H,1H3,(H,15,17). The number of hydrogen-bond acceptors (Lipinski definition) is 4. The van der Waals surface area contributed by atoms with Crippen LogP contribution >= 0.6 is 0 Å². The van der Waals surface area contributed by atoms with Gasteiger partial charge in [0.05, 0.1) is 11.8 Å². The molecule has 0 radical (unpaired) electrons. The summed E-state index contributed by atoms with van der Waals surface area (Å²) in [5, 5.41) is 3.48. The topological polar surface area (TPSA) is 80.5 Å². The highest BCUT2D eigenvalue weighted by Gasteiger charge is 2.34. The van der Waals surface area contributed by atoms with Crippen molar-refractivity contribution >= 4 is 21.4 Å². The first kappa shape index (κ1) is 14.3. The van der Waals surface area contributed by atoms with Crippen LogP contribution in [0.1, 0.15) is 16.2 Å². The largest absolute Gasteiger partial charge is 0.433 e. The quantitative estimate of drug-likeness (QED) is 0.899. The normalized spacial score (nSPS) is 12.6. The summed E-state index contributed by atoms with van der Waals surface area (Å²) in [6.07, 6.45) is -3.89. The Kier molecular flexibility index (Phi) is 3.20. The molecule has 0 saturated carbocycles. The second kappa shape index (κ2) is 4.47. The molecule has 0 aromatic carbocycles. The number of carbonyl (C=O) groups excluding carboxylic acids is 1. The Labute approximate surface area is 111 Å². The van der Waals surface area contributed by atoms with Gasteiger partial charge in [0.1, 0.15) is 5.69 Å². The maximum atomic E-state index is 12.7. The molecule has 0 saturated heterocycles. The second-order valence-corrected chi connectivity index (χ2v) is 5.73. The van der Waals surface area contributed by atoms with Crippen LogP contribution in [0.25, 0.3) is 5.52 Å². The van der Waals surface area contributed by atoms with Crippen LogP contribution in [0.4, 0.5) is 13.2 Å². The molecule has 0 spiro atoms. The van der Waals surface area contributed by atoms with E-state index in [2.05, 4.69) is 5.10 Å². The van der Waals surface area contributed by atoms with E-state index in [1.165, 1.54) is 6.07 Å². The Morgan fingerprint density at radius 2 is 2.00 bits per heavy atom. The third-order valence-electron chi connectivity index (χ3n) is 2.29. The SMILES string of the molecule is CS(=O)(=O)NC(=O)c1cc2cccc(C(F)(F)F)n2n1. The van der Waals surface area contributed by atoms with Crippen molar-refractivity contribution in [3.05, 3.63) is 35.7 Å². The van der Waals surface area contributed by atoms with Crippen LogP contribution in [-0.4, -0.2) is 30.2 Å². The van der Waals surface area contributed by atoms with Gasteiger partial charge in [0.2, 0.25) is 10.0 Å². The third-order valence-corrected chi connectivity index (χ3v) is 2.84. The minimum atomic E-state index is -4.64. The summed E-state index contributed by atoms with van der Waals surface area (Å²) in [5.41, 5.74) is -1.46. The average molecular weight is 307 g/mol. The summed E-state index contributed by atoms with van der Waals surface area (Å²) in [4.78, 5) is 11.5. The highest BCUT2D eigenvalue weighted by molar-refractivity contribution is 7.89. The number of rotatable bonds is 2. The molecule has 108 valence electrons. The van der Waals surface area contributed by atoms with Crippen molar-refractivity contribution < 1.29 is 26.4 Å². The van der Waals surface area contributed by atoms with E-state index >= 15 is 0 Å². The highest BCUT2D eigenvalue weighted by Crippen LogP contribution is 2.29. The number of halogens is 3. The van der Waals surface area contributed by atoms with Crippen molar-refractivity contribution in [3.8, 4) is 0 Å². The van der Waals surface area contributed by atoms with Gasteiger partial charge in [-0.15, -0.1) is 0 Å². The Morgan fingerprint density at radius 1 is 1.35 bits per heavy atom. The maximum Gasteiger partial charge on any atom is 0.433 e. The fraction of sp³-hybridized carbons (Fsp3) is 0.200. The Bertz CT molecular complexity index is 780. The number of alkyl halides is 3. The second-order valence-electron chi connectivity index (χ2n) is 3.98. The molecule has 0 bridgehead atoms. The van der Waals surface area contributed by atoms with E-state index in [0.29, 0.717) is 4.52 Å². The van der Waals surface area contributed by atoms with Crippen LogP contribution in [0.5, 0.6) is 0 Å². The van der Waals surface area contributed by atoms with Gasteiger partial charge >= 0.3 is 6.18 Å². The molecule has 10 heteroatoms. The van der Waals surface area contributed by atoms with Crippen LogP contribution < -0.4 is 4.72 Å². The average Bonchev–Trinajstić information content (AvgIpc) is 2.68. The van der Waals surface area contributed by atoms with Crippen LogP contribution in [0.2, 0.25) is 0 Å². The van der Waals surface area contributed by atoms with Gasteiger partial charge < -0.3 is 0 Å². The molecule has 0 unspecified atom stereocenters. The molecule has 1 amide bonds. The molecule has 2 rings (SSSR count). The molecule has 6 nitrogen and oxygen atoms in total. The summed E-state index contributed by atoms with van der Waals surface area (Å²) < 4.78 is 62.2. The predicted molar refractivity (Wildman–Crippen MR) is 62.5 cm³/mol. The fourth-order valence-electron chi connectivity index (χ4n) is 1.56. The zero-order chi connectivity index (χ0) is 15.1. The van der Waals surface area contributed by atoms with E-state index in [1.54, 1.807) is 4.72 Å². The third kappa shape index (κ3) is 2.90. The lowest BCUT2D eigenvalue weighted by Gasteiger charge is -2.07. The van der Waals surface area contributed by atoms with Gasteiger partial charge in [-0.25, -0.2) is 17.7 Å². The van der Waals surface area contributed by atoms with Crippen LogP contribution in [0.3, 0.4) is 0 Å². The lowest BCUT2D eigenvalue weighted by atomic mass is 10.3. The number of aromatic nitrogens is 2. The van der Waals surface area contributed by atoms with Crippen LogP contribution in [0.15, 0.2) is 24.3 Å². The Balaban J connectivity index is 2.52. The molecule has 0 atom stereocenters. The molecule has 1 N–H and O–H groups in total. The van der Waals surface area contributed by atoms with Gasteiger partial charge in [0.15, 0.2) is 5.69 Å². The molecule has 2 aromatic rings. The van der Waals surface area contributed by atoms with Gasteiger partial charge in [-0.3, -0.25) is 4.79 Å². The first-order valence-corrected chi connectivity index (χ1v) is 7.05. The summed E-state index contributed by atoms with van der Waals surface area (Å²) >= 11 is 0. The van der Waals surface area contributed by atoms with Crippen molar-refractivity contribution in [2.24, 2.45) is 0 Å². The molecule has 0 fully saturated rings. The molecule has 0 aliphatic carbocycles. The molecule has 20 heavy (non-hydrogen) atoms. The highest BCUT2D eigenvalue weighted by atomic mass is 32.2. The lowest BCUT2D eigenvalue weighted by Crippen LogP contribution is -2.29. The van der Waals surface area contributed by atoms with Crippen LogP contribution in [0, 0.1) is 0 Å². The zero-order valence-corrected chi connectivity index (χ0v) is 10.8. The number of nitrogens with zero attached hydrogens (tertiary/aromatic N) is 2. The monoisotopic (exact) mass is 307 g/mol. The Morgan fingerprint density at radius 3 is 2.55 bits per heavy atom. The summed E-state index contributed by atoms with van der Waals surface area (Å²) in [6.45, 7) is 0. The van der Waals surface area contributed by atoms with E-state index < -0.39 is 33.5 Å². The van der Waals surface area contributed by atoms with Crippen molar-refractivity contribution in [2.45, 2.75) is 6.18 Å². The minimum absolute atomic E-state index is 0.0264. The molecular weight excluding hydrogens is 299 g/mol. The molecular formula is C10H8F3N3O3S. The number of nitrogens with one attached hydrogen (secondary N) is 1. The number of carbonyl (C=O) groups is 1. The Hall–Kier alpha value is -2.10. The van der Waals surface area contributed by atoms with Gasteiger partial charge in [0.25, 0.3) is 5.91 Å². The van der Waals surface area contributed by atoms with Crippen molar-refractivity contribution in [1.29, 1.82) is 0 Å². The lowest BCUT2D eigenvalue weighted by molar-refractivity contribution is -0.142. The maximum absolute atomic E-state index is 12.7. The predicted octanol–water partition coefficient (Wildman–Crippen LogP) is 1.04.